The quantitative estimate of drug-likeness (QED) is 0.468. The van der Waals surface area contributed by atoms with E-state index in [1.807, 2.05) is 42.5 Å². The zero-order valence-electron chi connectivity index (χ0n) is 13.4. The normalized spacial score (nSPS) is 10.5. The van der Waals surface area contributed by atoms with Gasteiger partial charge >= 0.3 is 0 Å². The number of rotatable bonds is 6. The lowest BCUT2D eigenvalue weighted by atomic mass is 10.2. The van der Waals surface area contributed by atoms with E-state index >= 15 is 0 Å². The van der Waals surface area contributed by atoms with Crippen molar-refractivity contribution in [1.82, 2.24) is 10.7 Å². The first kappa shape index (κ1) is 18.0. The van der Waals surface area contributed by atoms with Crippen LogP contribution in [0.3, 0.4) is 0 Å². The minimum Gasteiger partial charge on any atom is -0.493 e. The molecule has 0 fully saturated rings. The number of hydrogen-bond acceptors (Lipinski definition) is 4. The van der Waals surface area contributed by atoms with Gasteiger partial charge in [-0.2, -0.15) is 5.10 Å². The van der Waals surface area contributed by atoms with Gasteiger partial charge in [0.15, 0.2) is 16.6 Å². The van der Waals surface area contributed by atoms with Crippen LogP contribution in [-0.2, 0) is 6.61 Å². The Bertz CT molecular complexity index is 738. The fourth-order valence-corrected chi connectivity index (χ4v) is 2.16. The average molecular weight is 364 g/mol. The SMILES string of the molecule is CNC(=S)N/N=C\c1ccc(OCc2cccc(Cl)c2)c(OC)c1. The number of hydrogen-bond donors (Lipinski definition) is 2. The van der Waals surface area contributed by atoms with Crippen LogP contribution in [0.5, 0.6) is 11.5 Å². The van der Waals surface area contributed by atoms with Gasteiger partial charge in [-0.05, 0) is 53.7 Å². The van der Waals surface area contributed by atoms with Gasteiger partial charge in [0, 0.05) is 12.1 Å². The van der Waals surface area contributed by atoms with Gasteiger partial charge in [-0.1, -0.05) is 23.7 Å². The Morgan fingerprint density at radius 1 is 1.25 bits per heavy atom. The van der Waals surface area contributed by atoms with Crippen LogP contribution in [0, 0.1) is 0 Å². The zero-order valence-corrected chi connectivity index (χ0v) is 14.9. The Morgan fingerprint density at radius 3 is 2.79 bits per heavy atom. The largest absolute Gasteiger partial charge is 0.493 e. The van der Waals surface area contributed by atoms with E-state index in [2.05, 4.69) is 15.8 Å². The summed E-state index contributed by atoms with van der Waals surface area (Å²) < 4.78 is 11.2. The van der Waals surface area contributed by atoms with Gasteiger partial charge in [0.1, 0.15) is 6.61 Å². The van der Waals surface area contributed by atoms with E-state index in [4.69, 9.17) is 33.3 Å². The lowest BCUT2D eigenvalue weighted by molar-refractivity contribution is 0.284. The maximum atomic E-state index is 5.97. The van der Waals surface area contributed by atoms with E-state index in [0.717, 1.165) is 11.1 Å². The molecule has 0 aliphatic heterocycles. The minimum atomic E-state index is 0.405. The first-order valence-electron chi connectivity index (χ1n) is 7.18. The summed E-state index contributed by atoms with van der Waals surface area (Å²) in [6.07, 6.45) is 1.65. The van der Waals surface area contributed by atoms with Gasteiger partial charge in [0.2, 0.25) is 0 Å². The lowest BCUT2D eigenvalue weighted by Gasteiger charge is -2.11. The third-order valence-electron chi connectivity index (χ3n) is 3.08. The standard InChI is InChI=1S/C17H18ClN3O2S/c1-19-17(24)21-20-10-12-6-7-15(16(9-12)22-2)23-11-13-4-3-5-14(18)8-13/h3-10H,11H2,1-2H3,(H2,19,21,24)/b20-10-. The molecule has 0 aliphatic rings. The maximum Gasteiger partial charge on any atom is 0.186 e. The molecular weight excluding hydrogens is 346 g/mol. The van der Waals surface area contributed by atoms with Crippen LogP contribution >= 0.6 is 23.8 Å². The third kappa shape index (κ3) is 5.40. The van der Waals surface area contributed by atoms with E-state index in [0.29, 0.717) is 28.2 Å². The molecule has 0 aromatic heterocycles. The van der Waals surface area contributed by atoms with Crippen LogP contribution in [0.1, 0.15) is 11.1 Å². The molecule has 2 aromatic carbocycles. The molecule has 0 heterocycles. The lowest BCUT2D eigenvalue weighted by Crippen LogP contribution is -2.28. The molecule has 0 saturated heterocycles. The van der Waals surface area contributed by atoms with E-state index in [-0.39, 0.29) is 0 Å². The molecule has 24 heavy (non-hydrogen) atoms. The van der Waals surface area contributed by atoms with E-state index in [1.165, 1.54) is 0 Å². The molecule has 5 nitrogen and oxygen atoms in total. The Kier molecular flexibility index (Phi) is 6.84. The first-order valence-corrected chi connectivity index (χ1v) is 7.97. The van der Waals surface area contributed by atoms with Crippen molar-refractivity contribution in [2.75, 3.05) is 14.2 Å². The second-order valence-corrected chi connectivity index (χ2v) is 5.62. The molecule has 7 heteroatoms. The van der Waals surface area contributed by atoms with Crippen molar-refractivity contribution < 1.29 is 9.47 Å². The summed E-state index contributed by atoms with van der Waals surface area (Å²) in [5.74, 6) is 1.27. The molecule has 0 amide bonds. The Hall–Kier alpha value is -2.31. The van der Waals surface area contributed by atoms with Crippen LogP contribution in [0.15, 0.2) is 47.6 Å². The van der Waals surface area contributed by atoms with Gasteiger partial charge in [-0.25, -0.2) is 0 Å². The van der Waals surface area contributed by atoms with Crippen LogP contribution in [0.4, 0.5) is 0 Å². The monoisotopic (exact) mass is 363 g/mol. The highest BCUT2D eigenvalue weighted by molar-refractivity contribution is 7.80. The van der Waals surface area contributed by atoms with Gasteiger partial charge in [0.25, 0.3) is 0 Å². The van der Waals surface area contributed by atoms with Gasteiger partial charge < -0.3 is 14.8 Å². The van der Waals surface area contributed by atoms with E-state index in [1.54, 1.807) is 20.4 Å². The van der Waals surface area contributed by atoms with Crippen molar-refractivity contribution in [1.29, 1.82) is 0 Å². The predicted molar refractivity (Wildman–Crippen MR) is 101 cm³/mol. The minimum absolute atomic E-state index is 0.405. The van der Waals surface area contributed by atoms with Crippen LogP contribution < -0.4 is 20.2 Å². The smallest absolute Gasteiger partial charge is 0.186 e. The second-order valence-electron chi connectivity index (χ2n) is 4.78. The Morgan fingerprint density at radius 2 is 2.08 bits per heavy atom. The second kappa shape index (κ2) is 9.10. The third-order valence-corrected chi connectivity index (χ3v) is 3.61. The van der Waals surface area contributed by atoms with Crippen LogP contribution in [0.2, 0.25) is 5.02 Å². The summed E-state index contributed by atoms with van der Waals surface area (Å²) in [6.45, 7) is 0.405. The molecule has 2 N–H and O–H groups in total. The number of methoxy groups -OCH3 is 1. The Labute approximate surface area is 151 Å². The van der Waals surface area contributed by atoms with E-state index in [9.17, 15) is 0 Å². The van der Waals surface area contributed by atoms with Crippen LogP contribution in [-0.4, -0.2) is 25.5 Å². The molecule has 0 saturated carbocycles. The zero-order chi connectivity index (χ0) is 17.4. The fourth-order valence-electron chi connectivity index (χ4n) is 1.89. The molecule has 0 bridgehead atoms. The van der Waals surface area contributed by atoms with E-state index < -0.39 is 0 Å². The number of thiocarbonyl (C=S) groups is 1. The summed E-state index contributed by atoms with van der Waals surface area (Å²) in [5.41, 5.74) is 4.53. The van der Waals surface area contributed by atoms with Crippen molar-refractivity contribution in [2.45, 2.75) is 6.61 Å². The molecule has 0 aliphatic carbocycles. The fraction of sp³-hybridized carbons (Fsp3) is 0.176. The average Bonchev–Trinajstić information content (AvgIpc) is 2.60. The number of halogens is 1. The Balaban J connectivity index is 2.04. The summed E-state index contributed by atoms with van der Waals surface area (Å²) in [6, 6.07) is 13.1. The summed E-state index contributed by atoms with van der Waals surface area (Å²) in [5, 5.41) is 7.93. The summed E-state index contributed by atoms with van der Waals surface area (Å²) >= 11 is 10.9. The number of nitrogens with one attached hydrogen (secondary N) is 2. The highest BCUT2D eigenvalue weighted by atomic mass is 35.5. The molecular formula is C17H18ClN3O2S. The van der Waals surface area contributed by atoms with Crippen LogP contribution in [0.25, 0.3) is 0 Å². The summed E-state index contributed by atoms with van der Waals surface area (Å²) in [7, 11) is 3.32. The van der Waals surface area contributed by atoms with Gasteiger partial charge in [-0.15, -0.1) is 0 Å². The highest BCUT2D eigenvalue weighted by Crippen LogP contribution is 2.28. The van der Waals surface area contributed by atoms with Crippen molar-refractivity contribution in [3.63, 3.8) is 0 Å². The summed E-state index contributed by atoms with van der Waals surface area (Å²) in [4.78, 5) is 0. The molecule has 0 atom stereocenters. The molecule has 2 rings (SSSR count). The number of benzene rings is 2. The molecule has 0 spiro atoms. The predicted octanol–water partition coefficient (Wildman–Crippen LogP) is 3.36. The first-order chi connectivity index (χ1) is 11.6. The number of nitrogens with zero attached hydrogens (tertiary/aromatic N) is 1. The van der Waals surface area contributed by atoms with Crippen molar-refractivity contribution in [2.24, 2.45) is 5.10 Å². The van der Waals surface area contributed by atoms with Crippen molar-refractivity contribution in [3.05, 3.63) is 58.6 Å². The maximum absolute atomic E-state index is 5.97. The number of hydrazone groups is 1. The van der Waals surface area contributed by atoms with Crippen molar-refractivity contribution in [3.8, 4) is 11.5 Å². The molecule has 2 aromatic rings. The molecule has 0 unspecified atom stereocenters. The van der Waals surface area contributed by atoms with Gasteiger partial charge in [-0.3, -0.25) is 5.43 Å². The van der Waals surface area contributed by atoms with Crippen molar-refractivity contribution >= 4 is 35.1 Å². The highest BCUT2D eigenvalue weighted by Gasteiger charge is 2.06. The van der Waals surface area contributed by atoms with Gasteiger partial charge in [0.05, 0.1) is 13.3 Å². The topological polar surface area (TPSA) is 54.9 Å². The number of ether oxygens (including phenoxy) is 2. The molecule has 0 radical (unpaired) electrons. The molecule has 126 valence electrons.